The van der Waals surface area contributed by atoms with Crippen molar-refractivity contribution in [2.75, 3.05) is 13.1 Å². The van der Waals surface area contributed by atoms with Crippen LogP contribution in [0.3, 0.4) is 0 Å². The van der Waals surface area contributed by atoms with E-state index < -0.39 is 28.0 Å². The minimum atomic E-state index is -3.98. The quantitative estimate of drug-likeness (QED) is 0.828. The third-order valence-corrected chi connectivity index (χ3v) is 7.13. The summed E-state index contributed by atoms with van der Waals surface area (Å²) in [5.41, 5.74) is -1.05. The smallest absolute Gasteiger partial charge is 0.387 e. The molecule has 25 heavy (non-hydrogen) atoms. The number of carboxylic acids is 1. The van der Waals surface area contributed by atoms with Gasteiger partial charge in [-0.1, -0.05) is 18.0 Å². The first-order chi connectivity index (χ1) is 11.7. The van der Waals surface area contributed by atoms with Crippen LogP contribution in [-0.2, 0) is 14.8 Å². The molecule has 3 rings (SSSR count). The molecule has 1 saturated carbocycles. The van der Waals surface area contributed by atoms with E-state index in [0.717, 1.165) is 28.9 Å². The molecular formula is C15H16ClF2NO5S. The fraction of sp³-hybridized carbons (Fsp3) is 0.533. The third kappa shape index (κ3) is 3.09. The predicted molar refractivity (Wildman–Crippen MR) is 84.3 cm³/mol. The van der Waals surface area contributed by atoms with Crippen LogP contribution in [0, 0.1) is 11.3 Å². The molecule has 1 N–H and O–H groups in total. The first-order valence-corrected chi connectivity index (χ1v) is 9.46. The highest BCUT2D eigenvalue weighted by molar-refractivity contribution is 7.89. The molecule has 138 valence electrons. The van der Waals surface area contributed by atoms with Crippen molar-refractivity contribution in [2.24, 2.45) is 11.3 Å². The highest BCUT2D eigenvalue weighted by Crippen LogP contribution is 2.50. The van der Waals surface area contributed by atoms with Gasteiger partial charge in [0.15, 0.2) is 0 Å². The Kier molecular flexibility index (Phi) is 4.67. The summed E-state index contributed by atoms with van der Waals surface area (Å²) >= 11 is 5.82. The van der Waals surface area contributed by atoms with Gasteiger partial charge in [0, 0.05) is 13.1 Å². The fourth-order valence-corrected chi connectivity index (χ4v) is 5.63. The van der Waals surface area contributed by atoms with Crippen molar-refractivity contribution < 1.29 is 31.8 Å². The molecule has 2 aliphatic rings. The molecule has 1 aliphatic heterocycles. The Morgan fingerprint density at radius 2 is 2.16 bits per heavy atom. The van der Waals surface area contributed by atoms with Gasteiger partial charge in [0.25, 0.3) is 0 Å². The highest BCUT2D eigenvalue weighted by Gasteiger charge is 2.57. The Labute approximate surface area is 148 Å². The summed E-state index contributed by atoms with van der Waals surface area (Å²) < 4.78 is 55.5. The maximum Gasteiger partial charge on any atom is 0.387 e. The van der Waals surface area contributed by atoms with Gasteiger partial charge in [0.1, 0.15) is 5.75 Å². The Morgan fingerprint density at radius 1 is 1.44 bits per heavy atom. The van der Waals surface area contributed by atoms with Gasteiger partial charge in [-0.05, 0) is 37.0 Å². The summed E-state index contributed by atoms with van der Waals surface area (Å²) in [5.74, 6) is -1.53. The van der Waals surface area contributed by atoms with Crippen LogP contribution in [0.25, 0.3) is 0 Å². The maximum atomic E-state index is 12.8. The second-order valence-electron chi connectivity index (χ2n) is 6.32. The number of carbonyl (C=O) groups is 1. The topological polar surface area (TPSA) is 83.9 Å². The molecular weight excluding hydrogens is 380 g/mol. The maximum absolute atomic E-state index is 12.8. The molecule has 1 aromatic carbocycles. The van der Waals surface area contributed by atoms with Gasteiger partial charge in [0.2, 0.25) is 10.0 Å². The lowest BCUT2D eigenvalue weighted by atomic mass is 9.81. The first kappa shape index (κ1) is 18.3. The summed E-state index contributed by atoms with van der Waals surface area (Å²) in [5, 5.41) is 9.31. The Morgan fingerprint density at radius 3 is 2.72 bits per heavy atom. The molecule has 6 nitrogen and oxygen atoms in total. The van der Waals surface area contributed by atoms with Gasteiger partial charge in [0.05, 0.1) is 15.3 Å². The lowest BCUT2D eigenvalue weighted by molar-refractivity contribution is -0.149. The van der Waals surface area contributed by atoms with Crippen molar-refractivity contribution in [3.8, 4) is 5.75 Å². The van der Waals surface area contributed by atoms with Crippen molar-refractivity contribution in [1.29, 1.82) is 0 Å². The van der Waals surface area contributed by atoms with E-state index in [1.807, 2.05) is 0 Å². The normalized spacial score (nSPS) is 26.8. The molecule has 2 fully saturated rings. The van der Waals surface area contributed by atoms with Gasteiger partial charge in [-0.25, -0.2) is 8.42 Å². The van der Waals surface area contributed by atoms with E-state index in [-0.39, 0.29) is 34.7 Å². The van der Waals surface area contributed by atoms with E-state index in [1.54, 1.807) is 0 Å². The predicted octanol–water partition coefficient (Wildman–Crippen LogP) is 2.82. The van der Waals surface area contributed by atoms with Crippen LogP contribution in [-0.4, -0.2) is 43.5 Å². The number of ether oxygens (including phenoxy) is 1. The number of halogens is 3. The molecule has 0 unspecified atom stereocenters. The minimum Gasteiger partial charge on any atom is -0.481 e. The van der Waals surface area contributed by atoms with E-state index in [2.05, 4.69) is 4.74 Å². The van der Waals surface area contributed by atoms with Crippen molar-refractivity contribution in [2.45, 2.75) is 30.8 Å². The van der Waals surface area contributed by atoms with Crippen LogP contribution in [0.15, 0.2) is 23.1 Å². The molecule has 0 aromatic heterocycles. The molecule has 0 bridgehead atoms. The summed E-state index contributed by atoms with van der Waals surface area (Å²) in [4.78, 5) is 11.5. The zero-order valence-electron chi connectivity index (χ0n) is 13.0. The van der Waals surface area contributed by atoms with E-state index in [9.17, 15) is 27.1 Å². The fourth-order valence-electron chi connectivity index (χ4n) is 3.76. The molecule has 0 radical (unpaired) electrons. The molecule has 1 aliphatic carbocycles. The number of hydrogen-bond acceptors (Lipinski definition) is 4. The lowest BCUT2D eigenvalue weighted by Gasteiger charge is -2.23. The zero-order valence-corrected chi connectivity index (χ0v) is 14.6. The van der Waals surface area contributed by atoms with E-state index >= 15 is 0 Å². The van der Waals surface area contributed by atoms with E-state index in [1.165, 1.54) is 0 Å². The van der Waals surface area contributed by atoms with Crippen molar-refractivity contribution in [3.63, 3.8) is 0 Å². The Balaban J connectivity index is 1.88. The SMILES string of the molecule is O=C(O)[C@@]12CCC[C@H]1CN(S(=O)(=O)c1ccc(OC(F)F)c(Cl)c1)C2. The van der Waals surface area contributed by atoms with Crippen LogP contribution < -0.4 is 4.74 Å². The van der Waals surface area contributed by atoms with Crippen LogP contribution in [0.1, 0.15) is 19.3 Å². The summed E-state index contributed by atoms with van der Waals surface area (Å²) in [6, 6.07) is 3.22. The van der Waals surface area contributed by atoms with Gasteiger partial charge >= 0.3 is 12.6 Å². The highest BCUT2D eigenvalue weighted by atomic mass is 35.5. The van der Waals surface area contributed by atoms with Crippen LogP contribution >= 0.6 is 11.6 Å². The number of rotatable bonds is 5. The van der Waals surface area contributed by atoms with E-state index in [4.69, 9.17) is 11.6 Å². The Hall–Kier alpha value is -1.45. The first-order valence-electron chi connectivity index (χ1n) is 7.65. The molecule has 1 saturated heterocycles. The third-order valence-electron chi connectivity index (χ3n) is 5.02. The van der Waals surface area contributed by atoms with Crippen LogP contribution in [0.2, 0.25) is 5.02 Å². The van der Waals surface area contributed by atoms with Crippen molar-refractivity contribution in [3.05, 3.63) is 23.2 Å². The Bertz CT molecular complexity index is 803. The number of aliphatic carboxylic acids is 1. The van der Waals surface area contributed by atoms with Gasteiger partial charge < -0.3 is 9.84 Å². The van der Waals surface area contributed by atoms with Gasteiger partial charge in [-0.15, -0.1) is 0 Å². The number of fused-ring (bicyclic) bond motifs is 1. The molecule has 1 heterocycles. The monoisotopic (exact) mass is 395 g/mol. The second kappa shape index (κ2) is 6.37. The summed E-state index contributed by atoms with van der Waals surface area (Å²) in [6.07, 6.45) is 1.87. The summed E-state index contributed by atoms with van der Waals surface area (Å²) in [6.45, 7) is -3.04. The van der Waals surface area contributed by atoms with Crippen LogP contribution in [0.5, 0.6) is 5.75 Å². The second-order valence-corrected chi connectivity index (χ2v) is 8.66. The molecule has 10 heteroatoms. The number of hydrogen-bond donors (Lipinski definition) is 1. The van der Waals surface area contributed by atoms with Crippen molar-refractivity contribution in [1.82, 2.24) is 4.31 Å². The molecule has 0 amide bonds. The van der Waals surface area contributed by atoms with Crippen LogP contribution in [0.4, 0.5) is 8.78 Å². The standard InChI is InChI=1S/C15H16ClF2NO5S/c16-11-6-10(3-4-12(11)24-14(17)18)25(22,23)19-7-9-2-1-5-15(9,8-19)13(20)21/h3-4,6,9,14H,1-2,5,7-8H2,(H,20,21)/t9-,15+/m0/s1. The molecule has 1 aromatic rings. The number of sulfonamides is 1. The summed E-state index contributed by atoms with van der Waals surface area (Å²) in [7, 11) is -3.98. The number of alkyl halides is 2. The van der Waals surface area contributed by atoms with E-state index in [0.29, 0.717) is 12.8 Å². The van der Waals surface area contributed by atoms with Gasteiger partial charge in [-0.3, -0.25) is 4.79 Å². The van der Waals surface area contributed by atoms with Gasteiger partial charge in [-0.2, -0.15) is 13.1 Å². The largest absolute Gasteiger partial charge is 0.481 e. The average molecular weight is 396 g/mol. The average Bonchev–Trinajstić information content (AvgIpc) is 3.07. The minimum absolute atomic E-state index is 0.0950. The van der Waals surface area contributed by atoms with Crippen molar-refractivity contribution >= 4 is 27.6 Å². The zero-order chi connectivity index (χ0) is 18.4. The molecule has 0 spiro atoms. The lowest BCUT2D eigenvalue weighted by Crippen LogP contribution is -2.37. The number of nitrogens with zero attached hydrogens (tertiary/aromatic N) is 1. The number of benzene rings is 1. The molecule has 2 atom stereocenters. The number of carboxylic acid groups (broad SMARTS) is 1.